The average Bonchev–Trinajstić information content (AvgIpc) is 3.60. The number of methoxy groups -OCH3 is 1. The molecule has 0 heterocycles. The van der Waals surface area contributed by atoms with Gasteiger partial charge in [-0.2, -0.15) is 0 Å². The lowest BCUT2D eigenvalue weighted by Gasteiger charge is -2.01. The Morgan fingerprint density at radius 1 is 0.595 bits per heavy atom. The Morgan fingerprint density at radius 2 is 1.07 bits per heavy atom. The number of amides is 2. The Labute approximate surface area is 509 Å². The molecule has 7 aromatic rings. The van der Waals surface area contributed by atoms with Gasteiger partial charge in [-0.15, -0.1) is 0 Å². The van der Waals surface area contributed by atoms with E-state index in [2.05, 4.69) is 87.5 Å². The molecule has 7 rings (SSSR count). The third-order valence-electron chi connectivity index (χ3n) is 10.1. The quantitative estimate of drug-likeness (QED) is 0.0579. The van der Waals surface area contributed by atoms with Crippen LogP contribution in [-0.2, 0) is 16.0 Å². The van der Waals surface area contributed by atoms with E-state index in [0.29, 0.717) is 6.42 Å². The summed E-state index contributed by atoms with van der Waals surface area (Å²) >= 11 is 9.09. The van der Waals surface area contributed by atoms with Crippen molar-refractivity contribution in [3.05, 3.63) is 188 Å². The number of benzene rings is 7. The summed E-state index contributed by atoms with van der Waals surface area (Å²) in [5.41, 5.74) is 11.0. The van der Waals surface area contributed by atoms with Crippen LogP contribution in [0.2, 0.25) is 5.02 Å². The van der Waals surface area contributed by atoms with Crippen molar-refractivity contribution >= 4 is 139 Å². The van der Waals surface area contributed by atoms with Crippen molar-refractivity contribution in [2.24, 2.45) is 34.9 Å². The lowest BCUT2D eigenvalue weighted by atomic mass is 10.1. The number of hydrogen-bond acceptors (Lipinski definition) is 13. The van der Waals surface area contributed by atoms with Crippen LogP contribution >= 0.6 is 27.5 Å². The maximum atomic E-state index is 10.7. The van der Waals surface area contributed by atoms with Crippen LogP contribution in [0.15, 0.2) is 197 Å². The number of nitro groups is 1. The van der Waals surface area contributed by atoms with E-state index < -0.39 is 4.92 Å². The number of carbonyl (C=O) groups excluding carboxylic acids is 2. The van der Waals surface area contributed by atoms with Crippen LogP contribution in [0.3, 0.4) is 0 Å². The minimum atomic E-state index is -0.523. The van der Waals surface area contributed by atoms with Crippen LogP contribution in [0.5, 0.6) is 11.5 Å². The molecule has 0 unspecified atom stereocenters. The maximum Gasteiger partial charge on any atom is 0.271 e. The highest BCUT2D eigenvalue weighted by Crippen LogP contribution is 2.30. The van der Waals surface area contributed by atoms with Gasteiger partial charge in [0.15, 0.2) is 0 Å². The van der Waals surface area contributed by atoms with E-state index in [-0.39, 0.29) is 28.9 Å². The highest BCUT2D eigenvalue weighted by molar-refractivity contribution is 9.10. The summed E-state index contributed by atoms with van der Waals surface area (Å²) in [5, 5.41) is 25.8. The Kier molecular flexibility index (Phi) is 37.9. The summed E-state index contributed by atoms with van der Waals surface area (Å²) < 4.78 is 6.14. The minimum absolute atomic E-state index is 0.0553. The fourth-order valence-electron chi connectivity index (χ4n) is 6.46. The van der Waals surface area contributed by atoms with Gasteiger partial charge in [-0.25, -0.2) is 0 Å². The number of nitrogens with one attached hydrogen (secondary N) is 2. The number of phenols is 1. The second kappa shape index (κ2) is 43.6. The topological polar surface area (TPSA) is 217 Å². The molecule has 0 aromatic heterocycles. The Bertz CT molecular complexity index is 3230. The Balaban J connectivity index is 0.000000492. The van der Waals surface area contributed by atoms with Crippen molar-refractivity contribution in [2.45, 2.75) is 95.9 Å². The third-order valence-corrected chi connectivity index (χ3v) is 10.9. The van der Waals surface area contributed by atoms with Gasteiger partial charge in [-0.1, -0.05) is 61.8 Å². The van der Waals surface area contributed by atoms with Crippen LogP contribution in [0.4, 0.5) is 56.9 Å². The van der Waals surface area contributed by atoms with Gasteiger partial charge < -0.3 is 20.5 Å². The standard InChI is InChI=1S/C11H14N2O.C10H12N2O.C10H13N.C9H10BrN.C9H10N2O3.C9H11NO.C8H8ClN/c1-8(2)12-10-4-6-11(7-5-10)13-9(3)14;1-3-11-9-4-6-10(7-5-9)12-8(2)13;1-3-9-7-5-6-8-10(9)11-4-2;1-3-11-9-5-4-7(2)6-8(9)10;1-2-5-10-8-6-7(11(13)14)3-4-9(8)12;1-3-10-8-6-4-5-7-9(8)11-2;1-2-10-8-5-3-7(9)4-6-8/h4-7H,1-3H3,(H,13,14);3-7H,1-2H3,(H,12,13);4-8H,3H2,1-2H3;3-6H,1-2H3;3-6,12H,2H2,1H3;3-7H,1-2H3;2-6H,1H3. The lowest BCUT2D eigenvalue weighted by molar-refractivity contribution is -0.384. The molecule has 442 valence electrons. The number of anilines is 2. The van der Waals surface area contributed by atoms with E-state index in [1.807, 2.05) is 189 Å². The molecule has 84 heavy (non-hydrogen) atoms. The molecule has 16 nitrogen and oxygen atoms in total. The van der Waals surface area contributed by atoms with Crippen molar-refractivity contribution in [3.8, 4) is 11.5 Å². The lowest BCUT2D eigenvalue weighted by Crippen LogP contribution is -2.04. The van der Waals surface area contributed by atoms with Gasteiger partial charge in [0.25, 0.3) is 5.69 Å². The predicted octanol–water partition coefficient (Wildman–Crippen LogP) is 19.5. The largest absolute Gasteiger partial charge is 0.506 e. The van der Waals surface area contributed by atoms with Gasteiger partial charge in [-0.3, -0.25) is 54.7 Å². The average molecular weight is 1220 g/mol. The Morgan fingerprint density at radius 3 is 1.54 bits per heavy atom. The number of rotatable bonds is 13. The number of non-ortho nitro benzene ring substituents is 1. The number of nitrogens with zero attached hydrogens (tertiary/aromatic N) is 8. The van der Waals surface area contributed by atoms with Crippen molar-refractivity contribution < 1.29 is 24.4 Å². The number of aliphatic imine (C=N–C) groups is 7. The molecule has 0 aliphatic rings. The summed E-state index contributed by atoms with van der Waals surface area (Å²) in [5.74, 6) is 0.630. The predicted molar refractivity (Wildman–Crippen MR) is 361 cm³/mol. The number of carbonyl (C=O) groups is 2. The number of para-hydroxylation sites is 3. The van der Waals surface area contributed by atoms with E-state index in [9.17, 15) is 24.8 Å². The zero-order valence-corrected chi connectivity index (χ0v) is 52.6. The van der Waals surface area contributed by atoms with Crippen LogP contribution in [-0.4, -0.2) is 72.0 Å². The molecule has 7 aromatic carbocycles. The zero-order chi connectivity index (χ0) is 62.7. The molecule has 3 N–H and O–H groups in total. The van der Waals surface area contributed by atoms with E-state index in [4.69, 9.17) is 16.3 Å². The van der Waals surface area contributed by atoms with Gasteiger partial charge in [0.2, 0.25) is 11.8 Å². The molecule has 0 saturated carbocycles. The summed E-state index contributed by atoms with van der Waals surface area (Å²) in [6.07, 6.45) is 12.2. The third kappa shape index (κ3) is 32.4. The molecule has 0 atom stereocenters. The van der Waals surface area contributed by atoms with Gasteiger partial charge in [0, 0.05) is 89.8 Å². The van der Waals surface area contributed by atoms with Gasteiger partial charge in [0.05, 0.1) is 40.5 Å². The first-order valence-electron chi connectivity index (χ1n) is 26.7. The van der Waals surface area contributed by atoms with Crippen LogP contribution in [0.1, 0.15) is 93.7 Å². The molecule has 0 bridgehead atoms. The molecule has 0 aliphatic heterocycles. The highest BCUT2D eigenvalue weighted by Gasteiger charge is 2.09. The van der Waals surface area contributed by atoms with Gasteiger partial charge in [0.1, 0.15) is 22.9 Å². The van der Waals surface area contributed by atoms with Crippen molar-refractivity contribution in [3.63, 3.8) is 0 Å². The van der Waals surface area contributed by atoms with Crippen molar-refractivity contribution in [1.82, 2.24) is 0 Å². The van der Waals surface area contributed by atoms with E-state index in [0.717, 1.165) is 72.9 Å². The van der Waals surface area contributed by atoms with E-state index in [1.165, 1.54) is 43.2 Å². The number of aryl methyl sites for hydroxylation is 2. The molecule has 0 saturated heterocycles. The molecule has 0 aliphatic carbocycles. The molecule has 18 heteroatoms. The molecular weight excluding hydrogens is 1140 g/mol. The first-order valence-corrected chi connectivity index (χ1v) is 27.9. The fraction of sp³-hybridized carbons (Fsp3) is 0.227. The van der Waals surface area contributed by atoms with E-state index >= 15 is 0 Å². The monoisotopic (exact) mass is 1220 g/mol. The molecule has 2 amide bonds. The fourth-order valence-corrected chi connectivity index (χ4v) is 7.19. The highest BCUT2D eigenvalue weighted by atomic mass is 79.9. The summed E-state index contributed by atoms with van der Waals surface area (Å²) in [6, 6.07) is 47.9. The van der Waals surface area contributed by atoms with Gasteiger partial charge in [-0.05, 0) is 204 Å². The minimum Gasteiger partial charge on any atom is -0.506 e. The molecule has 0 spiro atoms. The van der Waals surface area contributed by atoms with Crippen LogP contribution in [0.25, 0.3) is 0 Å². The Hall–Kier alpha value is -9.06. The van der Waals surface area contributed by atoms with E-state index in [1.54, 1.807) is 38.2 Å². The number of halogens is 2. The number of nitro benzene ring substituents is 1. The first kappa shape index (κ1) is 73.0. The van der Waals surface area contributed by atoms with Crippen molar-refractivity contribution in [2.75, 3.05) is 17.7 Å². The summed E-state index contributed by atoms with van der Waals surface area (Å²) in [7, 11) is 1.64. The smallest absolute Gasteiger partial charge is 0.271 e. The number of phenolic OH excluding ortho intramolecular Hbond substituents is 1. The molecule has 0 radical (unpaired) electrons. The van der Waals surface area contributed by atoms with Crippen molar-refractivity contribution in [1.29, 1.82) is 0 Å². The summed E-state index contributed by atoms with van der Waals surface area (Å²) in [4.78, 5) is 60.2. The zero-order valence-electron chi connectivity index (χ0n) is 50.2. The maximum absolute atomic E-state index is 10.7. The second-order valence-electron chi connectivity index (χ2n) is 17.2. The first-order chi connectivity index (χ1) is 40.3. The van der Waals surface area contributed by atoms with Gasteiger partial charge >= 0.3 is 0 Å². The van der Waals surface area contributed by atoms with Crippen LogP contribution < -0.4 is 15.4 Å². The normalized spacial score (nSPS) is 10.4. The summed E-state index contributed by atoms with van der Waals surface area (Å²) in [6.45, 7) is 22.4. The number of hydrogen-bond donors (Lipinski definition) is 3. The SMILES string of the molecule is CC(=O)Nc1ccc(N=C(C)C)cc1.CC=Nc1ccc(C)cc1Br.CC=Nc1ccc(Cl)cc1.CC=Nc1ccc(NC(C)=O)cc1.CC=Nc1ccccc1CC.CC=Nc1ccccc1OC.CCC=Nc1cc([N+](=O)[O-])ccc1O. The molecule has 0 fully saturated rings. The van der Waals surface area contributed by atoms with Crippen LogP contribution in [0, 0.1) is 17.0 Å². The number of ether oxygens (including phenoxy) is 1. The second-order valence-corrected chi connectivity index (χ2v) is 18.5. The molecular formula is C66H78BrClN10O6. The number of aromatic hydroxyl groups is 1.